The zero-order valence-corrected chi connectivity index (χ0v) is 11.6. The van der Waals surface area contributed by atoms with E-state index in [1.165, 1.54) is 0 Å². The van der Waals surface area contributed by atoms with Crippen molar-refractivity contribution in [2.45, 2.75) is 0 Å². The maximum Gasteiger partial charge on any atom is 0.101 e. The molecule has 18 heavy (non-hydrogen) atoms. The summed E-state index contributed by atoms with van der Waals surface area (Å²) in [7, 11) is 0. The topological polar surface area (TPSA) is 61.8 Å². The van der Waals surface area contributed by atoms with Gasteiger partial charge in [-0.25, -0.2) is 0 Å². The fourth-order valence-corrected chi connectivity index (χ4v) is 2.03. The largest absolute Gasteiger partial charge is 0.399 e. The number of rotatable bonds is 2. The monoisotopic (exact) mass is 321 g/mol. The normalized spacial score (nSPS) is 9.83. The van der Waals surface area contributed by atoms with E-state index in [-0.39, 0.29) is 0 Å². The Morgan fingerprint density at radius 3 is 2.67 bits per heavy atom. The smallest absolute Gasteiger partial charge is 0.101 e. The zero-order chi connectivity index (χ0) is 13.1. The minimum atomic E-state index is 0.530. The average molecular weight is 323 g/mol. The first kappa shape index (κ1) is 12.7. The van der Waals surface area contributed by atoms with E-state index in [0.29, 0.717) is 27.6 Å². The van der Waals surface area contributed by atoms with Crippen molar-refractivity contribution < 1.29 is 0 Å². The molecule has 0 heterocycles. The number of benzene rings is 2. The summed E-state index contributed by atoms with van der Waals surface area (Å²) in [5, 5.41) is 12.7. The molecule has 0 aliphatic heterocycles. The molecule has 0 aliphatic carbocycles. The first-order chi connectivity index (χ1) is 8.60. The van der Waals surface area contributed by atoms with Gasteiger partial charge in [0.05, 0.1) is 22.0 Å². The maximum atomic E-state index is 9.08. The summed E-state index contributed by atoms with van der Waals surface area (Å²) in [5.74, 6) is 0. The van der Waals surface area contributed by atoms with Crippen LogP contribution in [0.3, 0.4) is 0 Å². The molecule has 0 unspecified atom stereocenters. The second kappa shape index (κ2) is 5.30. The highest BCUT2D eigenvalue weighted by molar-refractivity contribution is 9.10. The number of nitrogens with zero attached hydrogens (tertiary/aromatic N) is 1. The van der Waals surface area contributed by atoms with Crippen LogP contribution in [0.2, 0.25) is 5.02 Å². The van der Waals surface area contributed by atoms with Crippen LogP contribution in [0.15, 0.2) is 40.9 Å². The SMILES string of the molecule is N#Cc1cc(Br)ccc1Nc1cc(N)ccc1Cl. The molecule has 2 aromatic carbocycles. The predicted molar refractivity (Wildman–Crippen MR) is 78.0 cm³/mol. The Morgan fingerprint density at radius 2 is 1.94 bits per heavy atom. The van der Waals surface area contributed by atoms with E-state index in [1.54, 1.807) is 24.3 Å². The molecule has 0 radical (unpaired) electrons. The lowest BCUT2D eigenvalue weighted by atomic mass is 10.2. The van der Waals surface area contributed by atoms with Gasteiger partial charge < -0.3 is 11.1 Å². The van der Waals surface area contributed by atoms with E-state index in [0.717, 1.165) is 4.47 Å². The highest BCUT2D eigenvalue weighted by Gasteiger charge is 2.06. The van der Waals surface area contributed by atoms with Crippen molar-refractivity contribution >= 4 is 44.6 Å². The van der Waals surface area contributed by atoms with Crippen LogP contribution in [-0.4, -0.2) is 0 Å². The van der Waals surface area contributed by atoms with E-state index in [1.807, 2.05) is 12.1 Å². The molecule has 3 N–H and O–H groups in total. The Bertz CT molecular complexity index is 635. The third kappa shape index (κ3) is 2.76. The number of nitrogens with one attached hydrogen (secondary N) is 1. The van der Waals surface area contributed by atoms with Crippen LogP contribution in [0.4, 0.5) is 17.1 Å². The van der Waals surface area contributed by atoms with Crippen molar-refractivity contribution in [2.24, 2.45) is 0 Å². The molecule has 5 heteroatoms. The summed E-state index contributed by atoms with van der Waals surface area (Å²) in [6.45, 7) is 0. The molecule has 0 saturated carbocycles. The number of hydrogen-bond acceptors (Lipinski definition) is 3. The summed E-state index contributed by atoms with van der Waals surface area (Å²) in [6, 6.07) is 12.7. The van der Waals surface area contributed by atoms with Crippen molar-refractivity contribution in [3.05, 3.63) is 51.5 Å². The molecular formula is C13H9BrClN3. The second-order valence-corrected chi connectivity index (χ2v) is 4.99. The van der Waals surface area contributed by atoms with E-state index >= 15 is 0 Å². The lowest BCUT2D eigenvalue weighted by Crippen LogP contribution is -1.96. The van der Waals surface area contributed by atoms with E-state index in [9.17, 15) is 0 Å². The highest BCUT2D eigenvalue weighted by atomic mass is 79.9. The quantitative estimate of drug-likeness (QED) is 0.810. The van der Waals surface area contributed by atoms with Crippen LogP contribution in [0.25, 0.3) is 0 Å². The van der Waals surface area contributed by atoms with E-state index in [2.05, 4.69) is 27.3 Å². The molecule has 0 fully saturated rings. The summed E-state index contributed by atoms with van der Waals surface area (Å²) < 4.78 is 0.850. The van der Waals surface area contributed by atoms with Gasteiger partial charge in [0.2, 0.25) is 0 Å². The second-order valence-electron chi connectivity index (χ2n) is 3.67. The molecule has 3 nitrogen and oxygen atoms in total. The molecular weight excluding hydrogens is 314 g/mol. The standard InChI is InChI=1S/C13H9BrClN3/c14-9-1-4-12(8(5-9)7-16)18-13-6-10(17)2-3-11(13)15/h1-6,18H,17H2. The third-order valence-corrected chi connectivity index (χ3v) is 3.18. The molecule has 90 valence electrons. The van der Waals surface area contributed by atoms with Crippen molar-refractivity contribution in [1.29, 1.82) is 5.26 Å². The van der Waals surface area contributed by atoms with Gasteiger partial charge in [0.25, 0.3) is 0 Å². The minimum absolute atomic E-state index is 0.530. The van der Waals surface area contributed by atoms with Crippen LogP contribution in [0.5, 0.6) is 0 Å². The fraction of sp³-hybridized carbons (Fsp3) is 0. The van der Waals surface area contributed by atoms with Gasteiger partial charge in [0, 0.05) is 10.2 Å². The summed E-state index contributed by atoms with van der Waals surface area (Å²) in [4.78, 5) is 0. The van der Waals surface area contributed by atoms with Crippen LogP contribution in [-0.2, 0) is 0 Å². The molecule has 2 aromatic rings. The average Bonchev–Trinajstić information content (AvgIpc) is 2.36. The Kier molecular flexibility index (Phi) is 3.75. The van der Waals surface area contributed by atoms with Crippen LogP contribution in [0.1, 0.15) is 5.56 Å². The van der Waals surface area contributed by atoms with Crippen molar-refractivity contribution in [1.82, 2.24) is 0 Å². The molecule has 0 aromatic heterocycles. The van der Waals surface area contributed by atoms with Gasteiger partial charge in [-0.1, -0.05) is 27.5 Å². The Balaban J connectivity index is 2.40. The van der Waals surface area contributed by atoms with Gasteiger partial charge in [-0.3, -0.25) is 0 Å². The van der Waals surface area contributed by atoms with Gasteiger partial charge in [-0.2, -0.15) is 5.26 Å². The minimum Gasteiger partial charge on any atom is -0.399 e. The predicted octanol–water partition coefficient (Wildman–Crippen LogP) is 4.30. The highest BCUT2D eigenvalue weighted by Crippen LogP contribution is 2.29. The van der Waals surface area contributed by atoms with Gasteiger partial charge >= 0.3 is 0 Å². The lowest BCUT2D eigenvalue weighted by Gasteiger charge is -2.10. The van der Waals surface area contributed by atoms with Crippen LogP contribution >= 0.6 is 27.5 Å². The lowest BCUT2D eigenvalue weighted by molar-refractivity contribution is 1.45. The zero-order valence-electron chi connectivity index (χ0n) is 9.24. The maximum absolute atomic E-state index is 9.08. The summed E-state index contributed by atoms with van der Waals surface area (Å²) >= 11 is 9.39. The number of nitriles is 1. The van der Waals surface area contributed by atoms with Gasteiger partial charge in [-0.05, 0) is 36.4 Å². The Morgan fingerprint density at radius 1 is 1.17 bits per heavy atom. The fourth-order valence-electron chi connectivity index (χ4n) is 1.50. The first-order valence-corrected chi connectivity index (χ1v) is 6.29. The van der Waals surface area contributed by atoms with E-state index in [4.69, 9.17) is 22.6 Å². The van der Waals surface area contributed by atoms with Crippen molar-refractivity contribution in [3.8, 4) is 6.07 Å². The molecule has 0 bridgehead atoms. The Labute approximate surface area is 118 Å². The molecule has 0 spiro atoms. The molecule has 0 atom stereocenters. The number of nitrogen functional groups attached to an aromatic ring is 1. The van der Waals surface area contributed by atoms with Gasteiger partial charge in [-0.15, -0.1) is 0 Å². The third-order valence-electron chi connectivity index (χ3n) is 2.36. The van der Waals surface area contributed by atoms with Gasteiger partial charge in [0.1, 0.15) is 6.07 Å². The summed E-state index contributed by atoms with van der Waals surface area (Å²) in [6.07, 6.45) is 0. The van der Waals surface area contributed by atoms with Crippen LogP contribution in [0, 0.1) is 11.3 Å². The molecule has 2 rings (SSSR count). The Hall–Kier alpha value is -1.70. The van der Waals surface area contributed by atoms with Crippen molar-refractivity contribution in [3.63, 3.8) is 0 Å². The first-order valence-electron chi connectivity index (χ1n) is 5.12. The summed E-state index contributed by atoms with van der Waals surface area (Å²) in [5.41, 5.74) is 8.21. The number of nitrogens with two attached hydrogens (primary N) is 1. The van der Waals surface area contributed by atoms with Crippen LogP contribution < -0.4 is 11.1 Å². The number of anilines is 3. The molecule has 0 amide bonds. The van der Waals surface area contributed by atoms with Gasteiger partial charge in [0.15, 0.2) is 0 Å². The van der Waals surface area contributed by atoms with Crippen molar-refractivity contribution in [2.75, 3.05) is 11.1 Å². The molecule has 0 saturated heterocycles. The van der Waals surface area contributed by atoms with E-state index < -0.39 is 0 Å². The number of halogens is 2. The molecule has 0 aliphatic rings. The number of hydrogen-bond donors (Lipinski definition) is 2.